The van der Waals surface area contributed by atoms with Crippen LogP contribution in [0.4, 0.5) is 14.5 Å². The summed E-state index contributed by atoms with van der Waals surface area (Å²) in [6, 6.07) is 6.18. The van der Waals surface area contributed by atoms with Gasteiger partial charge in [-0.25, -0.2) is 8.78 Å². The van der Waals surface area contributed by atoms with E-state index in [1.54, 1.807) is 16.2 Å². The number of thiophene rings is 1. The second-order valence-corrected chi connectivity index (χ2v) is 6.43. The van der Waals surface area contributed by atoms with Crippen molar-refractivity contribution in [3.05, 3.63) is 51.7 Å². The maximum atomic E-state index is 14.3. The summed E-state index contributed by atoms with van der Waals surface area (Å²) in [4.78, 5) is 2.72. The Morgan fingerprint density at radius 1 is 1.33 bits per heavy atom. The van der Waals surface area contributed by atoms with Crippen molar-refractivity contribution in [3.63, 3.8) is 0 Å². The standard InChI is InChI=1S/C15H16F2N2S2/c1-9(2)19(8-11-4-3-5-21-11)14-12(16)6-10(15(18)20)7-13(14)17/h3-7,9H,8H2,1-2H3,(H2,18,20). The molecule has 0 saturated heterocycles. The van der Waals surface area contributed by atoms with Crippen LogP contribution in [0.15, 0.2) is 29.6 Å². The predicted octanol–water partition coefficient (Wildman–Crippen LogP) is 4.08. The highest BCUT2D eigenvalue weighted by atomic mass is 32.1. The third kappa shape index (κ3) is 3.57. The van der Waals surface area contributed by atoms with Crippen LogP contribution in [0, 0.1) is 11.6 Å². The Hall–Kier alpha value is -1.53. The lowest BCUT2D eigenvalue weighted by atomic mass is 10.1. The Bertz CT molecular complexity index is 616. The summed E-state index contributed by atoms with van der Waals surface area (Å²) in [5, 5.41) is 1.94. The van der Waals surface area contributed by atoms with Crippen LogP contribution in [0.2, 0.25) is 0 Å². The number of rotatable bonds is 5. The van der Waals surface area contributed by atoms with Crippen molar-refractivity contribution in [2.45, 2.75) is 26.4 Å². The molecule has 0 aliphatic rings. The minimum atomic E-state index is -0.650. The molecule has 2 nitrogen and oxygen atoms in total. The van der Waals surface area contributed by atoms with Gasteiger partial charge in [0.2, 0.25) is 0 Å². The summed E-state index contributed by atoms with van der Waals surface area (Å²) in [5.41, 5.74) is 5.59. The number of halogens is 2. The van der Waals surface area contributed by atoms with E-state index in [1.165, 1.54) is 12.1 Å². The maximum absolute atomic E-state index is 14.3. The Labute approximate surface area is 132 Å². The first-order valence-electron chi connectivity index (χ1n) is 6.48. The van der Waals surface area contributed by atoms with Gasteiger partial charge in [0.25, 0.3) is 0 Å². The molecule has 2 rings (SSSR count). The van der Waals surface area contributed by atoms with Crippen LogP contribution in [0.5, 0.6) is 0 Å². The van der Waals surface area contributed by atoms with Crippen LogP contribution in [0.25, 0.3) is 0 Å². The summed E-state index contributed by atoms with van der Waals surface area (Å²) in [6.07, 6.45) is 0. The van der Waals surface area contributed by atoms with Gasteiger partial charge in [0.1, 0.15) is 22.3 Å². The molecule has 6 heteroatoms. The molecule has 0 bridgehead atoms. The highest BCUT2D eigenvalue weighted by Gasteiger charge is 2.21. The molecule has 112 valence electrons. The number of hydrogen-bond donors (Lipinski definition) is 1. The fourth-order valence-electron chi connectivity index (χ4n) is 2.07. The highest BCUT2D eigenvalue weighted by molar-refractivity contribution is 7.80. The van der Waals surface area contributed by atoms with Crippen LogP contribution in [0.3, 0.4) is 0 Å². The zero-order valence-electron chi connectivity index (χ0n) is 11.8. The van der Waals surface area contributed by atoms with Gasteiger partial charge in [-0.1, -0.05) is 18.3 Å². The molecule has 0 saturated carbocycles. The lowest BCUT2D eigenvalue weighted by Crippen LogP contribution is -2.31. The van der Waals surface area contributed by atoms with Crippen LogP contribution in [0.1, 0.15) is 24.3 Å². The monoisotopic (exact) mass is 326 g/mol. The predicted molar refractivity (Wildman–Crippen MR) is 87.9 cm³/mol. The topological polar surface area (TPSA) is 29.3 Å². The SMILES string of the molecule is CC(C)N(Cc1cccs1)c1c(F)cc(C(N)=S)cc1F. The Kier molecular flexibility index (Phi) is 4.90. The zero-order valence-corrected chi connectivity index (χ0v) is 13.4. The number of hydrogen-bond acceptors (Lipinski definition) is 3. The van der Waals surface area contributed by atoms with Gasteiger partial charge >= 0.3 is 0 Å². The van der Waals surface area contributed by atoms with Crippen molar-refractivity contribution >= 4 is 34.2 Å². The van der Waals surface area contributed by atoms with E-state index in [1.807, 2.05) is 31.4 Å². The molecule has 0 radical (unpaired) electrons. The molecule has 0 spiro atoms. The average molecular weight is 326 g/mol. The second-order valence-electron chi connectivity index (χ2n) is 4.95. The molecule has 2 N–H and O–H groups in total. The van der Waals surface area contributed by atoms with E-state index in [0.29, 0.717) is 6.54 Å². The van der Waals surface area contributed by atoms with E-state index < -0.39 is 11.6 Å². The van der Waals surface area contributed by atoms with E-state index in [2.05, 4.69) is 0 Å². The smallest absolute Gasteiger partial charge is 0.150 e. The van der Waals surface area contributed by atoms with Gasteiger partial charge in [-0.15, -0.1) is 11.3 Å². The van der Waals surface area contributed by atoms with Crippen molar-refractivity contribution in [2.75, 3.05) is 4.90 Å². The highest BCUT2D eigenvalue weighted by Crippen LogP contribution is 2.29. The molecule has 2 aromatic rings. The van der Waals surface area contributed by atoms with Crippen molar-refractivity contribution in [1.82, 2.24) is 0 Å². The molecule has 1 aromatic heterocycles. The summed E-state index contributed by atoms with van der Waals surface area (Å²) in [7, 11) is 0. The lowest BCUT2D eigenvalue weighted by molar-refractivity contribution is 0.554. The Balaban J connectivity index is 2.43. The molecule has 0 unspecified atom stereocenters. The van der Waals surface area contributed by atoms with Crippen molar-refractivity contribution < 1.29 is 8.78 Å². The molecule has 0 fully saturated rings. The number of benzene rings is 1. The summed E-state index contributed by atoms with van der Waals surface area (Å²) >= 11 is 6.32. The second kappa shape index (κ2) is 6.49. The molecule has 21 heavy (non-hydrogen) atoms. The van der Waals surface area contributed by atoms with Gasteiger partial charge in [-0.2, -0.15) is 0 Å². The van der Waals surface area contributed by atoms with Gasteiger partial charge in [0.05, 0.1) is 6.54 Å². The Morgan fingerprint density at radius 2 is 1.95 bits per heavy atom. The van der Waals surface area contributed by atoms with Crippen LogP contribution >= 0.6 is 23.6 Å². The number of nitrogens with zero attached hydrogens (tertiary/aromatic N) is 1. The first-order valence-corrected chi connectivity index (χ1v) is 7.76. The number of anilines is 1. The molecular weight excluding hydrogens is 310 g/mol. The molecule has 1 heterocycles. The molecule has 0 amide bonds. The van der Waals surface area contributed by atoms with E-state index >= 15 is 0 Å². The summed E-state index contributed by atoms with van der Waals surface area (Å²) < 4.78 is 28.6. The summed E-state index contributed by atoms with van der Waals surface area (Å²) in [5.74, 6) is -1.30. The van der Waals surface area contributed by atoms with Gasteiger partial charge < -0.3 is 10.6 Å². The van der Waals surface area contributed by atoms with Crippen LogP contribution in [-0.2, 0) is 6.54 Å². The van der Waals surface area contributed by atoms with E-state index in [4.69, 9.17) is 18.0 Å². The number of thiocarbonyl (C=S) groups is 1. The largest absolute Gasteiger partial charge is 0.389 e. The van der Waals surface area contributed by atoms with Gasteiger partial charge in [0, 0.05) is 16.5 Å². The van der Waals surface area contributed by atoms with Crippen molar-refractivity contribution in [2.24, 2.45) is 5.73 Å². The molecule has 1 aromatic carbocycles. The molecule has 0 aliphatic heterocycles. The van der Waals surface area contributed by atoms with Crippen molar-refractivity contribution in [3.8, 4) is 0 Å². The summed E-state index contributed by atoms with van der Waals surface area (Å²) in [6.45, 7) is 4.25. The first-order chi connectivity index (χ1) is 9.90. The maximum Gasteiger partial charge on any atom is 0.150 e. The lowest BCUT2D eigenvalue weighted by Gasteiger charge is -2.29. The third-order valence-corrected chi connectivity index (χ3v) is 4.22. The quantitative estimate of drug-likeness (QED) is 0.840. The minimum absolute atomic E-state index is 0.0197. The normalized spacial score (nSPS) is 10.9. The van der Waals surface area contributed by atoms with Gasteiger partial charge in [-0.3, -0.25) is 0 Å². The number of nitrogens with two attached hydrogens (primary N) is 1. The van der Waals surface area contributed by atoms with Gasteiger partial charge in [0.15, 0.2) is 0 Å². The zero-order chi connectivity index (χ0) is 15.6. The molecular formula is C15H16F2N2S2. The fraction of sp³-hybridized carbons (Fsp3) is 0.267. The van der Waals surface area contributed by atoms with Crippen LogP contribution in [-0.4, -0.2) is 11.0 Å². The first kappa shape index (κ1) is 15.9. The average Bonchev–Trinajstić information content (AvgIpc) is 2.89. The van der Waals surface area contributed by atoms with Gasteiger partial charge in [-0.05, 0) is 37.4 Å². The van der Waals surface area contributed by atoms with E-state index in [-0.39, 0.29) is 22.3 Å². The van der Waals surface area contributed by atoms with Crippen LogP contribution < -0.4 is 10.6 Å². The molecule has 0 aliphatic carbocycles. The fourth-order valence-corrected chi connectivity index (χ4v) is 2.89. The minimum Gasteiger partial charge on any atom is -0.389 e. The van der Waals surface area contributed by atoms with E-state index in [9.17, 15) is 8.78 Å². The third-order valence-electron chi connectivity index (χ3n) is 3.12. The Morgan fingerprint density at radius 3 is 2.38 bits per heavy atom. The van der Waals surface area contributed by atoms with Crippen molar-refractivity contribution in [1.29, 1.82) is 0 Å². The molecule has 0 atom stereocenters. The van der Waals surface area contributed by atoms with E-state index in [0.717, 1.165) is 4.88 Å².